The largest absolute Gasteiger partial charge is 0.330 e. The lowest BCUT2D eigenvalue weighted by Crippen LogP contribution is -2.15. The molecule has 0 bridgehead atoms. The SMILES string of the molecule is CCCNCc1ccc(-n2cc[nH]c2=O)cc1. The summed E-state index contributed by atoms with van der Waals surface area (Å²) in [6.45, 7) is 4.05. The first-order valence-corrected chi connectivity index (χ1v) is 5.87. The molecule has 0 spiro atoms. The fourth-order valence-corrected chi connectivity index (χ4v) is 1.71. The molecule has 90 valence electrons. The number of rotatable bonds is 5. The Morgan fingerprint density at radius 2 is 2.06 bits per heavy atom. The second-order valence-corrected chi connectivity index (χ2v) is 3.98. The Morgan fingerprint density at radius 3 is 2.65 bits per heavy atom. The number of nitrogens with zero attached hydrogens (tertiary/aromatic N) is 1. The molecule has 0 aliphatic rings. The number of nitrogens with one attached hydrogen (secondary N) is 2. The minimum atomic E-state index is -0.109. The Morgan fingerprint density at radius 1 is 1.29 bits per heavy atom. The first kappa shape index (κ1) is 11.7. The van der Waals surface area contributed by atoms with Crippen molar-refractivity contribution < 1.29 is 0 Å². The van der Waals surface area contributed by atoms with E-state index in [1.165, 1.54) is 5.56 Å². The lowest BCUT2D eigenvalue weighted by atomic mass is 10.2. The van der Waals surface area contributed by atoms with Crippen molar-refractivity contribution in [3.05, 3.63) is 52.7 Å². The van der Waals surface area contributed by atoms with Crippen molar-refractivity contribution in [2.45, 2.75) is 19.9 Å². The Hall–Kier alpha value is -1.81. The van der Waals surface area contributed by atoms with Crippen LogP contribution in [0.1, 0.15) is 18.9 Å². The highest BCUT2D eigenvalue weighted by Crippen LogP contribution is 2.07. The highest BCUT2D eigenvalue weighted by molar-refractivity contribution is 5.34. The Balaban J connectivity index is 2.08. The summed E-state index contributed by atoms with van der Waals surface area (Å²) in [5.41, 5.74) is 2.00. The topological polar surface area (TPSA) is 49.8 Å². The predicted molar refractivity (Wildman–Crippen MR) is 68.4 cm³/mol. The van der Waals surface area contributed by atoms with Crippen LogP contribution in [0.15, 0.2) is 41.5 Å². The van der Waals surface area contributed by atoms with Crippen LogP contribution < -0.4 is 11.0 Å². The number of aromatic nitrogens is 2. The number of hydrogen-bond donors (Lipinski definition) is 2. The Labute approximate surface area is 100 Å². The summed E-state index contributed by atoms with van der Waals surface area (Å²) in [5.74, 6) is 0. The van der Waals surface area contributed by atoms with Gasteiger partial charge in [0.2, 0.25) is 0 Å². The molecule has 2 N–H and O–H groups in total. The molecular formula is C13H17N3O. The van der Waals surface area contributed by atoms with Crippen LogP contribution >= 0.6 is 0 Å². The van der Waals surface area contributed by atoms with Gasteiger partial charge in [-0.3, -0.25) is 4.57 Å². The van der Waals surface area contributed by atoms with Crippen LogP contribution in [-0.4, -0.2) is 16.1 Å². The van der Waals surface area contributed by atoms with E-state index in [4.69, 9.17) is 0 Å². The zero-order chi connectivity index (χ0) is 12.1. The van der Waals surface area contributed by atoms with E-state index in [2.05, 4.69) is 17.2 Å². The normalized spacial score (nSPS) is 10.6. The van der Waals surface area contributed by atoms with Gasteiger partial charge in [0.1, 0.15) is 0 Å². The summed E-state index contributed by atoms with van der Waals surface area (Å²) >= 11 is 0. The van der Waals surface area contributed by atoms with Crippen molar-refractivity contribution in [1.29, 1.82) is 0 Å². The number of aromatic amines is 1. The second-order valence-electron chi connectivity index (χ2n) is 3.98. The number of imidazole rings is 1. The van der Waals surface area contributed by atoms with Crippen LogP contribution in [0, 0.1) is 0 Å². The smallest absolute Gasteiger partial charge is 0.313 e. The molecule has 0 fully saturated rings. The van der Waals surface area contributed by atoms with E-state index in [0.29, 0.717) is 0 Å². The number of benzene rings is 1. The average molecular weight is 231 g/mol. The van der Waals surface area contributed by atoms with Gasteiger partial charge < -0.3 is 10.3 Å². The van der Waals surface area contributed by atoms with E-state index in [1.807, 2.05) is 24.3 Å². The van der Waals surface area contributed by atoms with Crippen LogP contribution in [0.3, 0.4) is 0 Å². The van der Waals surface area contributed by atoms with Crippen molar-refractivity contribution in [1.82, 2.24) is 14.9 Å². The van der Waals surface area contributed by atoms with E-state index in [9.17, 15) is 4.79 Å². The quantitative estimate of drug-likeness (QED) is 0.769. The highest BCUT2D eigenvalue weighted by atomic mass is 16.1. The summed E-state index contributed by atoms with van der Waals surface area (Å²) < 4.78 is 1.59. The third-order valence-electron chi connectivity index (χ3n) is 2.62. The molecular weight excluding hydrogens is 214 g/mol. The molecule has 2 aromatic rings. The Bertz CT molecular complexity index is 510. The van der Waals surface area contributed by atoms with Crippen molar-refractivity contribution in [2.24, 2.45) is 0 Å². The molecule has 4 nitrogen and oxygen atoms in total. The number of hydrogen-bond acceptors (Lipinski definition) is 2. The molecule has 1 aromatic carbocycles. The fraction of sp³-hybridized carbons (Fsp3) is 0.308. The summed E-state index contributed by atoms with van der Waals surface area (Å²) in [6, 6.07) is 7.99. The lowest BCUT2D eigenvalue weighted by Gasteiger charge is -2.05. The van der Waals surface area contributed by atoms with Crippen LogP contribution in [0.2, 0.25) is 0 Å². The fourth-order valence-electron chi connectivity index (χ4n) is 1.71. The first-order valence-electron chi connectivity index (χ1n) is 5.87. The molecule has 0 saturated carbocycles. The predicted octanol–water partition coefficient (Wildman–Crippen LogP) is 1.67. The van der Waals surface area contributed by atoms with Crippen molar-refractivity contribution in [3.8, 4) is 5.69 Å². The van der Waals surface area contributed by atoms with Gasteiger partial charge in [-0.1, -0.05) is 19.1 Å². The zero-order valence-electron chi connectivity index (χ0n) is 9.94. The van der Waals surface area contributed by atoms with Crippen LogP contribution in [0.4, 0.5) is 0 Å². The second kappa shape index (κ2) is 5.50. The molecule has 0 radical (unpaired) electrons. The zero-order valence-corrected chi connectivity index (χ0v) is 9.94. The monoisotopic (exact) mass is 231 g/mol. The molecule has 0 amide bonds. The van der Waals surface area contributed by atoms with Gasteiger partial charge in [0.05, 0.1) is 5.69 Å². The van der Waals surface area contributed by atoms with E-state index < -0.39 is 0 Å². The van der Waals surface area contributed by atoms with E-state index >= 15 is 0 Å². The standard InChI is InChI=1S/C13H17N3O/c1-2-7-14-10-11-3-5-12(6-4-11)16-9-8-15-13(16)17/h3-6,8-9,14H,2,7,10H2,1H3,(H,15,17). The number of H-pyrrole nitrogens is 1. The van der Waals surface area contributed by atoms with Gasteiger partial charge in [0.25, 0.3) is 0 Å². The maximum absolute atomic E-state index is 11.4. The van der Waals surface area contributed by atoms with E-state index in [-0.39, 0.29) is 5.69 Å². The molecule has 0 saturated heterocycles. The highest BCUT2D eigenvalue weighted by Gasteiger charge is 1.99. The first-order chi connectivity index (χ1) is 8.31. The van der Waals surface area contributed by atoms with Gasteiger partial charge in [-0.15, -0.1) is 0 Å². The van der Waals surface area contributed by atoms with Gasteiger partial charge in [-0.2, -0.15) is 0 Å². The molecule has 0 atom stereocenters. The van der Waals surface area contributed by atoms with Crippen molar-refractivity contribution in [2.75, 3.05) is 6.54 Å². The molecule has 1 aromatic heterocycles. The minimum absolute atomic E-state index is 0.109. The third kappa shape index (κ3) is 2.85. The molecule has 0 aliphatic carbocycles. The summed E-state index contributed by atoms with van der Waals surface area (Å²) in [5, 5.41) is 3.34. The third-order valence-corrected chi connectivity index (χ3v) is 2.62. The molecule has 0 aliphatic heterocycles. The summed E-state index contributed by atoms with van der Waals surface area (Å²) in [7, 11) is 0. The summed E-state index contributed by atoms with van der Waals surface area (Å²) in [4.78, 5) is 14.0. The van der Waals surface area contributed by atoms with E-state index in [1.54, 1.807) is 17.0 Å². The van der Waals surface area contributed by atoms with Gasteiger partial charge in [0, 0.05) is 18.9 Å². The average Bonchev–Trinajstić information content (AvgIpc) is 2.77. The van der Waals surface area contributed by atoms with Crippen molar-refractivity contribution in [3.63, 3.8) is 0 Å². The lowest BCUT2D eigenvalue weighted by molar-refractivity contribution is 0.675. The molecule has 2 rings (SSSR count). The molecule has 17 heavy (non-hydrogen) atoms. The van der Waals surface area contributed by atoms with Gasteiger partial charge in [-0.25, -0.2) is 4.79 Å². The Kier molecular flexibility index (Phi) is 3.77. The van der Waals surface area contributed by atoms with Crippen molar-refractivity contribution >= 4 is 0 Å². The minimum Gasteiger partial charge on any atom is -0.313 e. The van der Waals surface area contributed by atoms with Crippen LogP contribution in [-0.2, 0) is 6.54 Å². The molecule has 1 heterocycles. The maximum atomic E-state index is 11.4. The molecule has 0 unspecified atom stereocenters. The van der Waals surface area contributed by atoms with Gasteiger partial charge in [0.15, 0.2) is 0 Å². The molecule has 4 heteroatoms. The maximum Gasteiger partial charge on any atom is 0.330 e. The van der Waals surface area contributed by atoms with Crippen LogP contribution in [0.5, 0.6) is 0 Å². The van der Waals surface area contributed by atoms with Gasteiger partial charge >= 0.3 is 5.69 Å². The van der Waals surface area contributed by atoms with Gasteiger partial charge in [-0.05, 0) is 30.7 Å². The van der Waals surface area contributed by atoms with Crippen LogP contribution in [0.25, 0.3) is 5.69 Å². The van der Waals surface area contributed by atoms with E-state index in [0.717, 1.165) is 25.2 Å². The summed E-state index contributed by atoms with van der Waals surface area (Å²) in [6.07, 6.45) is 4.50.